The first-order valence-electron chi connectivity index (χ1n) is 3.74. The highest BCUT2D eigenvalue weighted by atomic mass is 14.9. The van der Waals surface area contributed by atoms with Gasteiger partial charge in [-0.15, -0.1) is 0 Å². The summed E-state index contributed by atoms with van der Waals surface area (Å²) < 4.78 is 0. The minimum absolute atomic E-state index is 0.529. The molecule has 0 amide bonds. The van der Waals surface area contributed by atoms with Gasteiger partial charge in [0.1, 0.15) is 5.82 Å². The molecule has 12 heavy (non-hydrogen) atoms. The summed E-state index contributed by atoms with van der Waals surface area (Å²) in [6.07, 6.45) is 1.70. The summed E-state index contributed by atoms with van der Waals surface area (Å²) >= 11 is 0. The normalized spacial score (nSPS) is 9.50. The van der Waals surface area contributed by atoms with Crippen LogP contribution >= 0.6 is 0 Å². The Morgan fingerprint density at radius 2 is 2.33 bits per heavy atom. The number of pyridine rings is 1. The van der Waals surface area contributed by atoms with Crippen molar-refractivity contribution in [3.05, 3.63) is 24.4 Å². The van der Waals surface area contributed by atoms with Gasteiger partial charge in [-0.3, -0.25) is 0 Å². The van der Waals surface area contributed by atoms with E-state index in [2.05, 4.69) is 16.9 Å². The Hall–Kier alpha value is -1.51. The number of nitrogens with two attached hydrogens (primary N) is 1. The molecule has 0 spiro atoms. The Labute approximate surface area is 72.3 Å². The van der Waals surface area contributed by atoms with Gasteiger partial charge in [0.2, 0.25) is 0 Å². The zero-order valence-electron chi connectivity index (χ0n) is 7.39. The number of nitrogens with one attached hydrogen (secondary N) is 1. The van der Waals surface area contributed by atoms with Gasteiger partial charge in [0.15, 0.2) is 0 Å². The fourth-order valence-electron chi connectivity index (χ4n) is 0.954. The smallest absolute Gasteiger partial charge is 0.131 e. The molecule has 64 valence electrons. The predicted molar refractivity (Wildman–Crippen MR) is 52.9 cm³/mol. The van der Waals surface area contributed by atoms with E-state index < -0.39 is 0 Å². The van der Waals surface area contributed by atoms with Gasteiger partial charge < -0.3 is 11.1 Å². The van der Waals surface area contributed by atoms with Crippen LogP contribution in [0.2, 0.25) is 0 Å². The van der Waals surface area contributed by atoms with Gasteiger partial charge in [-0.05, 0) is 18.6 Å². The lowest BCUT2D eigenvalue weighted by Gasteiger charge is -2.06. The molecule has 1 aromatic heterocycles. The highest BCUT2D eigenvalue weighted by Crippen LogP contribution is 2.20. The van der Waals surface area contributed by atoms with Gasteiger partial charge in [-0.1, -0.05) is 6.58 Å². The summed E-state index contributed by atoms with van der Waals surface area (Å²) in [5, 5.41) is 2.99. The standard InChI is InChI=1S/C9H13N3/c1-6(2)8-4-7(11-3)5-12-9(8)10/h4-5,11H,1H2,2-3H3,(H2,10,12). The topological polar surface area (TPSA) is 50.9 Å². The van der Waals surface area contributed by atoms with Crippen molar-refractivity contribution in [2.24, 2.45) is 0 Å². The van der Waals surface area contributed by atoms with Crippen LogP contribution in [0.15, 0.2) is 18.8 Å². The van der Waals surface area contributed by atoms with Crippen LogP contribution in [0.4, 0.5) is 11.5 Å². The van der Waals surface area contributed by atoms with Crippen LogP contribution in [-0.4, -0.2) is 12.0 Å². The van der Waals surface area contributed by atoms with E-state index in [4.69, 9.17) is 5.73 Å². The molecule has 0 unspecified atom stereocenters. The number of nitrogens with zero attached hydrogens (tertiary/aromatic N) is 1. The van der Waals surface area contributed by atoms with E-state index >= 15 is 0 Å². The second kappa shape index (κ2) is 3.26. The zero-order chi connectivity index (χ0) is 9.14. The van der Waals surface area contributed by atoms with Crippen molar-refractivity contribution in [1.29, 1.82) is 0 Å². The summed E-state index contributed by atoms with van der Waals surface area (Å²) in [6.45, 7) is 5.72. The van der Waals surface area contributed by atoms with Crippen molar-refractivity contribution in [1.82, 2.24) is 4.98 Å². The largest absolute Gasteiger partial charge is 0.387 e. The van der Waals surface area contributed by atoms with Crippen LogP contribution in [0.25, 0.3) is 5.57 Å². The van der Waals surface area contributed by atoms with Crippen molar-refractivity contribution in [2.45, 2.75) is 6.92 Å². The van der Waals surface area contributed by atoms with Gasteiger partial charge in [0.05, 0.1) is 11.9 Å². The van der Waals surface area contributed by atoms with Crippen LogP contribution in [0.3, 0.4) is 0 Å². The summed E-state index contributed by atoms with van der Waals surface area (Å²) in [5.74, 6) is 0.529. The van der Waals surface area contributed by atoms with E-state index in [1.807, 2.05) is 20.0 Å². The molecule has 0 radical (unpaired) electrons. The Kier molecular flexibility index (Phi) is 2.33. The lowest BCUT2D eigenvalue weighted by Crippen LogP contribution is -1.98. The molecule has 1 aromatic rings. The molecule has 3 nitrogen and oxygen atoms in total. The second-order valence-corrected chi connectivity index (χ2v) is 2.69. The summed E-state index contributed by atoms with van der Waals surface area (Å²) in [6, 6.07) is 1.94. The summed E-state index contributed by atoms with van der Waals surface area (Å²) in [4.78, 5) is 4.03. The van der Waals surface area contributed by atoms with Crippen LogP contribution < -0.4 is 11.1 Å². The van der Waals surface area contributed by atoms with E-state index in [-0.39, 0.29) is 0 Å². The number of hydrogen-bond acceptors (Lipinski definition) is 3. The minimum atomic E-state index is 0.529. The Morgan fingerprint density at radius 3 is 2.83 bits per heavy atom. The molecule has 0 bridgehead atoms. The molecule has 0 saturated carbocycles. The zero-order valence-corrected chi connectivity index (χ0v) is 7.39. The molecule has 0 atom stereocenters. The molecule has 1 heterocycles. The average Bonchev–Trinajstić information content (AvgIpc) is 2.05. The van der Waals surface area contributed by atoms with Crippen molar-refractivity contribution in [3.8, 4) is 0 Å². The lowest BCUT2D eigenvalue weighted by atomic mass is 10.1. The number of allylic oxidation sites excluding steroid dienone is 1. The molecule has 0 aliphatic heterocycles. The Morgan fingerprint density at radius 1 is 1.67 bits per heavy atom. The first-order chi connectivity index (χ1) is 5.65. The number of rotatable bonds is 2. The fourth-order valence-corrected chi connectivity index (χ4v) is 0.954. The quantitative estimate of drug-likeness (QED) is 0.698. The third-order valence-electron chi connectivity index (χ3n) is 1.67. The molecule has 1 rings (SSSR count). The van der Waals surface area contributed by atoms with E-state index in [1.165, 1.54) is 0 Å². The lowest BCUT2D eigenvalue weighted by molar-refractivity contribution is 1.30. The molecule has 0 aliphatic carbocycles. The summed E-state index contributed by atoms with van der Waals surface area (Å²) in [5.41, 5.74) is 8.42. The van der Waals surface area contributed by atoms with Crippen LogP contribution in [-0.2, 0) is 0 Å². The van der Waals surface area contributed by atoms with Crippen molar-refractivity contribution in [2.75, 3.05) is 18.1 Å². The highest BCUT2D eigenvalue weighted by molar-refractivity contribution is 5.72. The van der Waals surface area contributed by atoms with Gasteiger partial charge in [0.25, 0.3) is 0 Å². The van der Waals surface area contributed by atoms with Crippen molar-refractivity contribution >= 4 is 17.1 Å². The van der Waals surface area contributed by atoms with Crippen LogP contribution in [0.5, 0.6) is 0 Å². The number of aromatic nitrogens is 1. The van der Waals surface area contributed by atoms with Gasteiger partial charge in [-0.25, -0.2) is 4.98 Å². The predicted octanol–water partition coefficient (Wildman–Crippen LogP) is 1.74. The highest BCUT2D eigenvalue weighted by Gasteiger charge is 2.01. The molecule has 0 aliphatic rings. The first kappa shape index (κ1) is 8.59. The molecule has 0 aromatic carbocycles. The maximum Gasteiger partial charge on any atom is 0.131 e. The minimum Gasteiger partial charge on any atom is -0.387 e. The summed E-state index contributed by atoms with van der Waals surface area (Å²) in [7, 11) is 1.84. The monoisotopic (exact) mass is 163 g/mol. The maximum absolute atomic E-state index is 5.65. The molecule has 3 N–H and O–H groups in total. The van der Waals surface area contributed by atoms with Gasteiger partial charge in [0, 0.05) is 12.6 Å². The van der Waals surface area contributed by atoms with E-state index in [1.54, 1.807) is 6.20 Å². The fraction of sp³-hybridized carbons (Fsp3) is 0.222. The molecular formula is C9H13N3. The average molecular weight is 163 g/mol. The molecule has 0 saturated heterocycles. The van der Waals surface area contributed by atoms with Gasteiger partial charge in [-0.2, -0.15) is 0 Å². The molecule has 3 heteroatoms. The van der Waals surface area contributed by atoms with Crippen LogP contribution in [0.1, 0.15) is 12.5 Å². The van der Waals surface area contributed by atoms with Crippen molar-refractivity contribution < 1.29 is 0 Å². The number of nitrogen functional groups attached to an aromatic ring is 1. The van der Waals surface area contributed by atoms with E-state index in [0.29, 0.717) is 5.82 Å². The Bertz CT molecular complexity index is 305. The third kappa shape index (κ3) is 1.56. The van der Waals surface area contributed by atoms with Gasteiger partial charge >= 0.3 is 0 Å². The Balaban J connectivity index is 3.17. The number of hydrogen-bond donors (Lipinski definition) is 2. The first-order valence-corrected chi connectivity index (χ1v) is 3.74. The number of anilines is 2. The maximum atomic E-state index is 5.65. The van der Waals surface area contributed by atoms with E-state index in [0.717, 1.165) is 16.8 Å². The van der Waals surface area contributed by atoms with Crippen molar-refractivity contribution in [3.63, 3.8) is 0 Å². The molecule has 0 fully saturated rings. The van der Waals surface area contributed by atoms with Crippen LogP contribution in [0, 0.1) is 0 Å². The van der Waals surface area contributed by atoms with E-state index in [9.17, 15) is 0 Å². The SMILES string of the molecule is C=C(C)c1cc(NC)cnc1N. The second-order valence-electron chi connectivity index (χ2n) is 2.69. The molecular weight excluding hydrogens is 150 g/mol. The third-order valence-corrected chi connectivity index (χ3v) is 1.67.